The summed E-state index contributed by atoms with van der Waals surface area (Å²) in [6.07, 6.45) is 8.35. The maximum absolute atomic E-state index is 14.9. The van der Waals surface area contributed by atoms with Gasteiger partial charge < -0.3 is 0 Å². The lowest BCUT2D eigenvalue weighted by atomic mass is 9.79. The van der Waals surface area contributed by atoms with E-state index in [-0.39, 0.29) is 10.9 Å². The molecule has 0 heterocycles. The van der Waals surface area contributed by atoms with Crippen LogP contribution in [0.5, 0.6) is 0 Å². The predicted molar refractivity (Wildman–Crippen MR) is 113 cm³/mol. The molecular formula is C25H27F5. The van der Waals surface area contributed by atoms with Crippen molar-refractivity contribution in [3.05, 3.63) is 59.2 Å². The second-order valence-electron chi connectivity index (χ2n) is 8.20. The van der Waals surface area contributed by atoms with Crippen molar-refractivity contribution in [1.82, 2.24) is 0 Å². The standard InChI is InChI=1S/C25H27F5/c1-3-5-6-7-15-8-10-17(11-9-15)22(27)24(29)19-13-12-18-14-16(4-2)21(26)25(30)20(18)23(19)28/h4,12-15,17H,2-3,5-11H2,1H3. The first-order chi connectivity index (χ1) is 14.4. The van der Waals surface area contributed by atoms with Gasteiger partial charge in [0.1, 0.15) is 11.6 Å². The zero-order valence-corrected chi connectivity index (χ0v) is 17.2. The van der Waals surface area contributed by atoms with E-state index in [1.165, 1.54) is 18.6 Å². The number of fused-ring (bicyclic) bond motifs is 1. The SMILES string of the molecule is C=Cc1cc2ccc(C(F)=C(F)C3CCC(CCCCC)CC3)c(F)c2c(F)c1F. The number of benzene rings is 2. The van der Waals surface area contributed by atoms with Crippen LogP contribution in [0.1, 0.15) is 69.4 Å². The van der Waals surface area contributed by atoms with Gasteiger partial charge in [-0.3, -0.25) is 0 Å². The van der Waals surface area contributed by atoms with Gasteiger partial charge in [-0.25, -0.2) is 22.0 Å². The molecule has 0 amide bonds. The Bertz CT molecular complexity index is 952. The van der Waals surface area contributed by atoms with Crippen LogP contribution >= 0.6 is 0 Å². The summed E-state index contributed by atoms with van der Waals surface area (Å²) in [5.74, 6) is -6.38. The molecule has 0 atom stereocenters. The normalized spacial score (nSPS) is 20.3. The van der Waals surface area contributed by atoms with Gasteiger partial charge in [0.05, 0.1) is 5.39 Å². The van der Waals surface area contributed by atoms with E-state index in [4.69, 9.17) is 0 Å². The Kier molecular flexibility index (Phi) is 7.32. The van der Waals surface area contributed by atoms with Crippen molar-refractivity contribution in [2.75, 3.05) is 0 Å². The van der Waals surface area contributed by atoms with E-state index in [0.29, 0.717) is 18.8 Å². The van der Waals surface area contributed by atoms with Gasteiger partial charge in [-0.2, -0.15) is 0 Å². The molecule has 1 saturated carbocycles. The lowest BCUT2D eigenvalue weighted by Crippen LogP contribution is -2.15. The zero-order chi connectivity index (χ0) is 21.8. The predicted octanol–water partition coefficient (Wildman–Crippen LogP) is 8.89. The summed E-state index contributed by atoms with van der Waals surface area (Å²) in [6.45, 7) is 5.53. The Balaban J connectivity index is 1.86. The van der Waals surface area contributed by atoms with Crippen LogP contribution in [0.4, 0.5) is 22.0 Å². The fraction of sp³-hybridized carbons (Fsp3) is 0.440. The molecule has 5 heteroatoms. The lowest BCUT2D eigenvalue weighted by molar-refractivity contribution is 0.258. The van der Waals surface area contributed by atoms with Gasteiger partial charge in [0.25, 0.3) is 0 Å². The van der Waals surface area contributed by atoms with E-state index in [2.05, 4.69) is 13.5 Å². The van der Waals surface area contributed by atoms with Crippen molar-refractivity contribution < 1.29 is 22.0 Å². The second-order valence-corrected chi connectivity index (χ2v) is 8.20. The van der Waals surface area contributed by atoms with E-state index >= 15 is 0 Å². The molecular weight excluding hydrogens is 395 g/mol. The van der Waals surface area contributed by atoms with Gasteiger partial charge in [-0.05, 0) is 49.1 Å². The van der Waals surface area contributed by atoms with Crippen molar-refractivity contribution in [2.45, 2.75) is 58.3 Å². The van der Waals surface area contributed by atoms with Crippen molar-refractivity contribution in [2.24, 2.45) is 11.8 Å². The first-order valence-electron chi connectivity index (χ1n) is 10.7. The Morgan fingerprint density at radius 2 is 1.70 bits per heavy atom. The summed E-state index contributed by atoms with van der Waals surface area (Å²) >= 11 is 0. The number of unbranched alkanes of at least 4 members (excludes halogenated alkanes) is 2. The van der Waals surface area contributed by atoms with E-state index in [1.54, 1.807) is 0 Å². The first-order valence-corrected chi connectivity index (χ1v) is 10.7. The molecule has 0 aromatic heterocycles. The first kappa shape index (κ1) is 22.5. The minimum Gasteiger partial charge on any atom is -0.208 e. The van der Waals surface area contributed by atoms with Crippen LogP contribution in [0.15, 0.2) is 30.6 Å². The molecule has 2 aromatic carbocycles. The molecule has 2 aromatic rings. The quantitative estimate of drug-likeness (QED) is 0.309. The van der Waals surface area contributed by atoms with Crippen LogP contribution in [0.3, 0.4) is 0 Å². The average molecular weight is 422 g/mol. The molecule has 0 N–H and O–H groups in total. The van der Waals surface area contributed by atoms with Crippen LogP contribution in [0.25, 0.3) is 22.7 Å². The van der Waals surface area contributed by atoms with Crippen molar-refractivity contribution in [3.8, 4) is 0 Å². The van der Waals surface area contributed by atoms with E-state index < -0.39 is 46.0 Å². The van der Waals surface area contributed by atoms with Gasteiger partial charge in [0.15, 0.2) is 17.5 Å². The van der Waals surface area contributed by atoms with E-state index in [9.17, 15) is 22.0 Å². The molecule has 162 valence electrons. The average Bonchev–Trinajstić information content (AvgIpc) is 2.76. The van der Waals surface area contributed by atoms with Crippen molar-refractivity contribution in [1.29, 1.82) is 0 Å². The largest absolute Gasteiger partial charge is 0.208 e. The van der Waals surface area contributed by atoms with Gasteiger partial charge in [-0.15, -0.1) is 0 Å². The van der Waals surface area contributed by atoms with Crippen LogP contribution in [0, 0.1) is 29.3 Å². The zero-order valence-electron chi connectivity index (χ0n) is 17.2. The van der Waals surface area contributed by atoms with Crippen molar-refractivity contribution in [3.63, 3.8) is 0 Å². The van der Waals surface area contributed by atoms with Gasteiger partial charge in [0, 0.05) is 17.0 Å². The molecule has 1 fully saturated rings. The van der Waals surface area contributed by atoms with E-state index in [0.717, 1.165) is 44.2 Å². The van der Waals surface area contributed by atoms with Crippen LogP contribution < -0.4 is 0 Å². The Labute approximate surface area is 174 Å². The molecule has 30 heavy (non-hydrogen) atoms. The molecule has 0 spiro atoms. The molecule has 0 bridgehead atoms. The maximum Gasteiger partial charge on any atom is 0.170 e. The van der Waals surface area contributed by atoms with Crippen LogP contribution in [-0.4, -0.2) is 0 Å². The highest BCUT2D eigenvalue weighted by molar-refractivity contribution is 5.89. The Morgan fingerprint density at radius 3 is 2.33 bits per heavy atom. The molecule has 0 aliphatic heterocycles. The summed E-state index contributed by atoms with van der Waals surface area (Å²) < 4.78 is 73.0. The number of rotatable bonds is 7. The number of allylic oxidation sites excluding steroid dienone is 1. The molecule has 0 unspecified atom stereocenters. The third kappa shape index (κ3) is 4.45. The molecule has 0 nitrogen and oxygen atoms in total. The number of hydrogen-bond acceptors (Lipinski definition) is 0. The van der Waals surface area contributed by atoms with E-state index in [1.807, 2.05) is 0 Å². The minimum atomic E-state index is -1.43. The summed E-state index contributed by atoms with van der Waals surface area (Å²) in [5.41, 5.74) is -0.792. The Morgan fingerprint density at radius 1 is 1.00 bits per heavy atom. The molecule has 3 rings (SSSR count). The summed E-state index contributed by atoms with van der Waals surface area (Å²) in [4.78, 5) is 0. The number of halogens is 5. The second kappa shape index (κ2) is 9.76. The maximum atomic E-state index is 14.9. The smallest absolute Gasteiger partial charge is 0.170 e. The highest BCUT2D eigenvalue weighted by Gasteiger charge is 2.28. The highest BCUT2D eigenvalue weighted by Crippen LogP contribution is 2.40. The van der Waals surface area contributed by atoms with Crippen molar-refractivity contribution >= 4 is 22.7 Å². The van der Waals surface area contributed by atoms with Gasteiger partial charge >= 0.3 is 0 Å². The molecule has 0 saturated heterocycles. The fourth-order valence-electron chi connectivity index (χ4n) is 4.42. The third-order valence-electron chi connectivity index (χ3n) is 6.24. The Hall–Kier alpha value is -2.17. The number of hydrogen-bond donors (Lipinski definition) is 0. The molecule has 0 radical (unpaired) electrons. The third-order valence-corrected chi connectivity index (χ3v) is 6.24. The molecule has 1 aliphatic rings. The van der Waals surface area contributed by atoms with Gasteiger partial charge in [0.2, 0.25) is 0 Å². The van der Waals surface area contributed by atoms with Crippen LogP contribution in [0.2, 0.25) is 0 Å². The topological polar surface area (TPSA) is 0 Å². The summed E-state index contributed by atoms with van der Waals surface area (Å²) in [6, 6.07) is 3.57. The summed E-state index contributed by atoms with van der Waals surface area (Å²) in [5, 5.41) is -0.621. The highest BCUT2D eigenvalue weighted by atomic mass is 19.2. The fourth-order valence-corrected chi connectivity index (χ4v) is 4.42. The summed E-state index contributed by atoms with van der Waals surface area (Å²) in [7, 11) is 0. The lowest BCUT2D eigenvalue weighted by Gasteiger charge is -2.27. The minimum absolute atomic E-state index is 0.0610. The monoisotopic (exact) mass is 422 g/mol. The van der Waals surface area contributed by atoms with Gasteiger partial charge in [-0.1, -0.05) is 51.3 Å². The molecule has 1 aliphatic carbocycles. The van der Waals surface area contributed by atoms with Crippen LogP contribution in [-0.2, 0) is 0 Å².